The number of hydrogen-bond acceptors (Lipinski definition) is 2. The molecule has 0 saturated carbocycles. The zero-order chi connectivity index (χ0) is 17.4. The molecular formula is C19H23ClN2O2. The van der Waals surface area contributed by atoms with Gasteiger partial charge in [0.2, 0.25) is 0 Å². The second-order valence-corrected chi connectivity index (χ2v) is 5.94. The van der Waals surface area contributed by atoms with Gasteiger partial charge in [-0.05, 0) is 55.7 Å². The maximum absolute atomic E-state index is 12.0. The van der Waals surface area contributed by atoms with Gasteiger partial charge in [0.05, 0.1) is 12.6 Å². The summed E-state index contributed by atoms with van der Waals surface area (Å²) in [4.78, 5) is 12.0. The third-order valence-corrected chi connectivity index (χ3v) is 3.90. The minimum Gasteiger partial charge on any atom is -0.494 e. The van der Waals surface area contributed by atoms with Gasteiger partial charge in [0.15, 0.2) is 0 Å². The monoisotopic (exact) mass is 346 g/mol. The Bertz CT molecular complexity index is 641. The van der Waals surface area contributed by atoms with Gasteiger partial charge < -0.3 is 15.4 Å². The number of nitrogens with one attached hydrogen (secondary N) is 2. The second-order valence-electron chi connectivity index (χ2n) is 5.50. The summed E-state index contributed by atoms with van der Waals surface area (Å²) in [6.07, 6.45) is 0.766. The Kier molecular flexibility index (Phi) is 6.94. The zero-order valence-electron chi connectivity index (χ0n) is 14.0. The van der Waals surface area contributed by atoms with Crippen molar-refractivity contribution in [3.63, 3.8) is 0 Å². The first-order valence-corrected chi connectivity index (χ1v) is 8.48. The second kappa shape index (κ2) is 9.18. The highest BCUT2D eigenvalue weighted by Crippen LogP contribution is 2.17. The number of amides is 2. The molecule has 2 rings (SSSR count). The summed E-state index contributed by atoms with van der Waals surface area (Å²) in [5.41, 5.74) is 2.17. The molecule has 128 valence electrons. The Morgan fingerprint density at radius 1 is 1.12 bits per heavy atom. The molecule has 2 amide bonds. The minimum atomic E-state index is -0.176. The minimum absolute atomic E-state index is 0.0730. The molecule has 0 radical (unpaired) electrons. The van der Waals surface area contributed by atoms with Crippen molar-refractivity contribution in [3.8, 4) is 5.75 Å². The lowest BCUT2D eigenvalue weighted by molar-refractivity contribution is 0.238. The number of hydrogen-bond donors (Lipinski definition) is 2. The quantitative estimate of drug-likeness (QED) is 0.783. The summed E-state index contributed by atoms with van der Waals surface area (Å²) < 4.78 is 5.42. The van der Waals surface area contributed by atoms with Gasteiger partial charge in [-0.3, -0.25) is 0 Å². The number of carbonyl (C=O) groups excluding carboxylic acids is 1. The molecule has 0 fully saturated rings. The topological polar surface area (TPSA) is 50.4 Å². The van der Waals surface area contributed by atoms with E-state index in [1.165, 1.54) is 0 Å². The molecule has 0 aliphatic heterocycles. The van der Waals surface area contributed by atoms with E-state index < -0.39 is 0 Å². The summed E-state index contributed by atoms with van der Waals surface area (Å²) in [6.45, 7) is 5.12. The van der Waals surface area contributed by atoms with Gasteiger partial charge in [-0.2, -0.15) is 0 Å². The molecule has 2 aromatic carbocycles. The van der Waals surface area contributed by atoms with Crippen LogP contribution in [0.3, 0.4) is 0 Å². The summed E-state index contributed by atoms with van der Waals surface area (Å²) in [5.74, 6) is 0.834. The predicted molar refractivity (Wildman–Crippen MR) is 97.7 cm³/mol. The predicted octanol–water partition coefficient (Wildman–Crippen LogP) is 4.34. The van der Waals surface area contributed by atoms with Crippen molar-refractivity contribution < 1.29 is 9.53 Å². The van der Waals surface area contributed by atoms with Crippen LogP contribution in [0.15, 0.2) is 48.5 Å². The van der Waals surface area contributed by atoms with E-state index in [9.17, 15) is 4.79 Å². The zero-order valence-corrected chi connectivity index (χ0v) is 14.8. The number of ether oxygens (including phenoxy) is 1. The average Bonchev–Trinajstić information content (AvgIpc) is 2.57. The Hall–Kier alpha value is -2.20. The molecule has 0 saturated heterocycles. The van der Waals surface area contributed by atoms with E-state index in [1.54, 1.807) is 0 Å². The van der Waals surface area contributed by atoms with Crippen LogP contribution >= 0.6 is 11.6 Å². The number of rotatable bonds is 7. The molecule has 0 aromatic heterocycles. The molecule has 0 bridgehead atoms. The molecule has 24 heavy (non-hydrogen) atoms. The van der Waals surface area contributed by atoms with Crippen molar-refractivity contribution >= 4 is 17.6 Å². The van der Waals surface area contributed by atoms with E-state index >= 15 is 0 Å². The molecule has 2 aromatic rings. The van der Waals surface area contributed by atoms with Crippen LogP contribution in [0.2, 0.25) is 5.02 Å². The summed E-state index contributed by atoms with van der Waals surface area (Å²) in [5, 5.41) is 6.52. The van der Waals surface area contributed by atoms with E-state index in [-0.39, 0.29) is 12.1 Å². The van der Waals surface area contributed by atoms with E-state index in [2.05, 4.69) is 10.6 Å². The van der Waals surface area contributed by atoms with Gasteiger partial charge in [-0.25, -0.2) is 4.79 Å². The molecule has 0 unspecified atom stereocenters. The fourth-order valence-corrected chi connectivity index (χ4v) is 2.45. The first kappa shape index (κ1) is 18.1. The van der Waals surface area contributed by atoms with Crippen LogP contribution in [-0.2, 0) is 6.42 Å². The van der Waals surface area contributed by atoms with Crippen LogP contribution in [-0.4, -0.2) is 19.2 Å². The highest BCUT2D eigenvalue weighted by Gasteiger charge is 2.09. The van der Waals surface area contributed by atoms with Crippen molar-refractivity contribution in [2.45, 2.75) is 26.3 Å². The largest absolute Gasteiger partial charge is 0.494 e. The molecule has 0 spiro atoms. The van der Waals surface area contributed by atoms with Gasteiger partial charge in [-0.15, -0.1) is 0 Å². The lowest BCUT2D eigenvalue weighted by Gasteiger charge is -2.15. The van der Waals surface area contributed by atoms with E-state index in [0.29, 0.717) is 18.2 Å². The number of halogens is 1. The molecule has 0 heterocycles. The first-order valence-electron chi connectivity index (χ1n) is 8.10. The maximum atomic E-state index is 12.0. The van der Waals surface area contributed by atoms with Gasteiger partial charge in [0.1, 0.15) is 5.75 Å². The van der Waals surface area contributed by atoms with Crippen LogP contribution in [0.25, 0.3) is 0 Å². The molecule has 0 aliphatic carbocycles. The average molecular weight is 347 g/mol. The van der Waals surface area contributed by atoms with E-state index in [4.69, 9.17) is 16.3 Å². The van der Waals surface area contributed by atoms with E-state index in [1.807, 2.05) is 62.4 Å². The third kappa shape index (κ3) is 5.78. The van der Waals surface area contributed by atoms with Crippen molar-refractivity contribution in [2.75, 3.05) is 13.2 Å². The van der Waals surface area contributed by atoms with Gasteiger partial charge in [0, 0.05) is 11.6 Å². The molecular weight excluding hydrogens is 324 g/mol. The fraction of sp³-hybridized carbons (Fsp3) is 0.316. The van der Waals surface area contributed by atoms with Crippen molar-refractivity contribution in [1.29, 1.82) is 0 Å². The maximum Gasteiger partial charge on any atom is 0.315 e. The van der Waals surface area contributed by atoms with Crippen molar-refractivity contribution in [2.24, 2.45) is 0 Å². The highest BCUT2D eigenvalue weighted by molar-refractivity contribution is 6.30. The fourth-order valence-electron chi connectivity index (χ4n) is 2.32. The Morgan fingerprint density at radius 3 is 2.42 bits per heavy atom. The van der Waals surface area contributed by atoms with Crippen molar-refractivity contribution in [1.82, 2.24) is 10.6 Å². The van der Waals surface area contributed by atoms with Crippen molar-refractivity contribution in [3.05, 3.63) is 64.7 Å². The van der Waals surface area contributed by atoms with Crippen LogP contribution in [0.4, 0.5) is 4.79 Å². The normalized spacial score (nSPS) is 11.6. The Balaban J connectivity index is 1.75. The molecule has 5 heteroatoms. The summed E-state index contributed by atoms with van der Waals surface area (Å²) in [6, 6.07) is 15.1. The van der Waals surface area contributed by atoms with Crippen LogP contribution in [0, 0.1) is 0 Å². The van der Waals surface area contributed by atoms with Gasteiger partial charge in [0.25, 0.3) is 0 Å². The van der Waals surface area contributed by atoms with E-state index in [0.717, 1.165) is 23.3 Å². The number of urea groups is 1. The van der Waals surface area contributed by atoms with Crippen LogP contribution in [0.1, 0.15) is 31.0 Å². The number of benzene rings is 2. The Morgan fingerprint density at radius 2 is 1.79 bits per heavy atom. The highest BCUT2D eigenvalue weighted by atomic mass is 35.5. The smallest absolute Gasteiger partial charge is 0.315 e. The van der Waals surface area contributed by atoms with Crippen LogP contribution in [0.5, 0.6) is 5.75 Å². The summed E-state index contributed by atoms with van der Waals surface area (Å²) in [7, 11) is 0. The lowest BCUT2D eigenvalue weighted by atomic mass is 10.1. The first-order chi connectivity index (χ1) is 11.6. The SMILES string of the molecule is CCOc1ccc([C@H](C)NC(=O)NCCc2ccc(Cl)cc2)cc1. The molecule has 1 atom stereocenters. The standard InChI is InChI=1S/C19H23ClN2O2/c1-3-24-18-10-6-16(7-11-18)14(2)22-19(23)21-13-12-15-4-8-17(20)9-5-15/h4-11,14H,3,12-13H2,1-2H3,(H2,21,22,23)/t14-/m0/s1. The lowest BCUT2D eigenvalue weighted by Crippen LogP contribution is -2.38. The third-order valence-electron chi connectivity index (χ3n) is 3.65. The van der Waals surface area contributed by atoms with Crippen LogP contribution < -0.4 is 15.4 Å². The molecule has 0 aliphatic rings. The molecule has 4 nitrogen and oxygen atoms in total. The summed E-state index contributed by atoms with van der Waals surface area (Å²) >= 11 is 5.85. The van der Waals surface area contributed by atoms with Gasteiger partial charge >= 0.3 is 6.03 Å². The van der Waals surface area contributed by atoms with Gasteiger partial charge in [-0.1, -0.05) is 35.9 Å². The molecule has 2 N–H and O–H groups in total. The number of carbonyl (C=O) groups is 1. The Labute approximate surface area is 148 Å².